The molecule has 0 aliphatic rings. The summed E-state index contributed by atoms with van der Waals surface area (Å²) in [6.07, 6.45) is 4.99. The molecule has 2 aromatic heterocycles. The molecule has 4 aromatic rings. The van der Waals surface area contributed by atoms with Crippen molar-refractivity contribution in [2.24, 2.45) is 0 Å². The van der Waals surface area contributed by atoms with E-state index in [0.29, 0.717) is 11.4 Å². The van der Waals surface area contributed by atoms with E-state index in [1.54, 1.807) is 36.8 Å². The molecule has 0 atom stereocenters. The Morgan fingerprint density at radius 3 is 2.53 bits per heavy atom. The average Bonchev–Trinajstić information content (AvgIpc) is 2.79. The first-order chi connectivity index (χ1) is 15.4. The normalized spacial score (nSPS) is 10.7. The van der Waals surface area contributed by atoms with Crippen molar-refractivity contribution < 1.29 is 15.0 Å². The Morgan fingerprint density at radius 1 is 1.06 bits per heavy atom. The average molecular weight is 447 g/mol. The molecule has 0 saturated heterocycles. The van der Waals surface area contributed by atoms with E-state index in [9.17, 15) is 15.0 Å². The van der Waals surface area contributed by atoms with Gasteiger partial charge in [0, 0.05) is 35.9 Å². The molecule has 0 bridgehead atoms. The van der Waals surface area contributed by atoms with Crippen molar-refractivity contribution >= 4 is 23.2 Å². The molecule has 0 saturated carbocycles. The molecule has 8 heteroatoms. The van der Waals surface area contributed by atoms with Crippen molar-refractivity contribution in [3.63, 3.8) is 0 Å². The van der Waals surface area contributed by atoms with E-state index in [1.165, 1.54) is 17.0 Å². The van der Waals surface area contributed by atoms with Gasteiger partial charge in [0.1, 0.15) is 11.5 Å². The SMILES string of the molecule is Cc1cnc(Cl)nc1-c1ccc(N(Cc2cccnc2)C(=O)c2ccc(O)cc2O)cc1. The van der Waals surface area contributed by atoms with Crippen molar-refractivity contribution in [2.45, 2.75) is 13.5 Å². The van der Waals surface area contributed by atoms with E-state index < -0.39 is 5.91 Å². The molecule has 0 fully saturated rings. The van der Waals surface area contributed by atoms with Crippen molar-refractivity contribution in [1.29, 1.82) is 0 Å². The Balaban J connectivity index is 1.72. The highest BCUT2D eigenvalue weighted by atomic mass is 35.5. The van der Waals surface area contributed by atoms with Gasteiger partial charge in [-0.05, 0) is 60.0 Å². The third kappa shape index (κ3) is 4.53. The van der Waals surface area contributed by atoms with Gasteiger partial charge in [-0.1, -0.05) is 18.2 Å². The summed E-state index contributed by atoms with van der Waals surface area (Å²) in [6, 6.07) is 14.9. The number of nitrogens with zero attached hydrogens (tertiary/aromatic N) is 4. The van der Waals surface area contributed by atoms with Crippen LogP contribution in [0.3, 0.4) is 0 Å². The first-order valence-electron chi connectivity index (χ1n) is 9.74. The number of phenolic OH excluding ortho intramolecular Hbond substituents is 2. The predicted molar refractivity (Wildman–Crippen MR) is 122 cm³/mol. The molecule has 0 spiro atoms. The number of hydrogen-bond acceptors (Lipinski definition) is 6. The van der Waals surface area contributed by atoms with Crippen LogP contribution in [0.5, 0.6) is 11.5 Å². The van der Waals surface area contributed by atoms with Crippen LogP contribution in [-0.4, -0.2) is 31.1 Å². The molecule has 2 N–H and O–H groups in total. The molecular weight excluding hydrogens is 428 g/mol. The number of hydrogen-bond donors (Lipinski definition) is 2. The minimum atomic E-state index is -0.416. The highest BCUT2D eigenvalue weighted by Gasteiger charge is 2.22. The quantitative estimate of drug-likeness (QED) is 0.429. The minimum absolute atomic E-state index is 0.0780. The maximum Gasteiger partial charge on any atom is 0.262 e. The van der Waals surface area contributed by atoms with Gasteiger partial charge in [-0.2, -0.15) is 0 Å². The van der Waals surface area contributed by atoms with Crippen LogP contribution >= 0.6 is 11.6 Å². The molecule has 0 aliphatic carbocycles. The predicted octanol–water partition coefficient (Wildman–Crippen LogP) is 4.76. The minimum Gasteiger partial charge on any atom is -0.508 e. The van der Waals surface area contributed by atoms with Crippen molar-refractivity contribution in [1.82, 2.24) is 15.0 Å². The van der Waals surface area contributed by atoms with Crippen molar-refractivity contribution in [3.8, 4) is 22.8 Å². The molecular formula is C24H19ClN4O3. The summed E-state index contributed by atoms with van der Waals surface area (Å²) in [5.41, 5.74) is 3.93. The van der Waals surface area contributed by atoms with Gasteiger partial charge in [-0.25, -0.2) is 9.97 Å². The number of amides is 1. The zero-order chi connectivity index (χ0) is 22.7. The summed E-state index contributed by atoms with van der Waals surface area (Å²) < 4.78 is 0. The number of phenols is 2. The lowest BCUT2D eigenvalue weighted by molar-refractivity contribution is 0.0982. The Kier molecular flexibility index (Phi) is 6.00. The van der Waals surface area contributed by atoms with Gasteiger partial charge in [-0.15, -0.1) is 0 Å². The van der Waals surface area contributed by atoms with Gasteiger partial charge in [-0.3, -0.25) is 9.78 Å². The second-order valence-corrected chi connectivity index (χ2v) is 7.51. The van der Waals surface area contributed by atoms with Crippen molar-refractivity contribution in [2.75, 3.05) is 4.90 Å². The Labute approximate surface area is 189 Å². The molecule has 0 unspecified atom stereocenters. The van der Waals surface area contributed by atoms with Gasteiger partial charge in [0.25, 0.3) is 5.91 Å². The van der Waals surface area contributed by atoms with Crippen LogP contribution in [0, 0.1) is 6.92 Å². The number of aromatic hydroxyl groups is 2. The second kappa shape index (κ2) is 9.03. The van der Waals surface area contributed by atoms with E-state index in [-0.39, 0.29) is 28.9 Å². The van der Waals surface area contributed by atoms with E-state index in [1.807, 2.05) is 25.1 Å². The Morgan fingerprint density at radius 2 is 1.84 bits per heavy atom. The van der Waals surface area contributed by atoms with Gasteiger partial charge in [0.15, 0.2) is 0 Å². The molecule has 0 radical (unpaired) electrons. The zero-order valence-corrected chi connectivity index (χ0v) is 17.9. The molecule has 2 heterocycles. The van der Waals surface area contributed by atoms with Crippen LogP contribution < -0.4 is 4.90 Å². The molecule has 7 nitrogen and oxygen atoms in total. The first-order valence-corrected chi connectivity index (χ1v) is 10.1. The van der Waals surface area contributed by atoms with E-state index >= 15 is 0 Å². The third-order valence-corrected chi connectivity index (χ3v) is 5.10. The van der Waals surface area contributed by atoms with E-state index in [2.05, 4.69) is 15.0 Å². The number of pyridine rings is 1. The lowest BCUT2D eigenvalue weighted by atomic mass is 10.1. The fourth-order valence-corrected chi connectivity index (χ4v) is 3.45. The lowest BCUT2D eigenvalue weighted by Gasteiger charge is -2.24. The summed E-state index contributed by atoms with van der Waals surface area (Å²) >= 11 is 5.95. The molecule has 1 amide bonds. The van der Waals surface area contributed by atoms with Crippen LogP contribution in [0.25, 0.3) is 11.3 Å². The molecule has 4 rings (SSSR count). The van der Waals surface area contributed by atoms with Crippen LogP contribution in [0.15, 0.2) is 73.2 Å². The van der Waals surface area contributed by atoms with Gasteiger partial charge in [0.05, 0.1) is 17.8 Å². The first kappa shape index (κ1) is 21.3. The topological polar surface area (TPSA) is 99.4 Å². The van der Waals surface area contributed by atoms with E-state index in [0.717, 1.165) is 22.8 Å². The number of benzene rings is 2. The monoisotopic (exact) mass is 446 g/mol. The summed E-state index contributed by atoms with van der Waals surface area (Å²) in [7, 11) is 0. The van der Waals surface area contributed by atoms with Gasteiger partial charge in [0.2, 0.25) is 5.28 Å². The number of rotatable bonds is 5. The van der Waals surface area contributed by atoms with Crippen LogP contribution in [0.2, 0.25) is 5.28 Å². The fraction of sp³-hybridized carbons (Fsp3) is 0.0833. The summed E-state index contributed by atoms with van der Waals surface area (Å²) in [4.78, 5) is 27.3. The van der Waals surface area contributed by atoms with Crippen LogP contribution in [0.1, 0.15) is 21.5 Å². The molecule has 2 aromatic carbocycles. The van der Waals surface area contributed by atoms with Crippen molar-refractivity contribution in [3.05, 3.63) is 95.2 Å². The number of carbonyl (C=O) groups is 1. The van der Waals surface area contributed by atoms with Crippen LogP contribution in [0.4, 0.5) is 5.69 Å². The highest BCUT2D eigenvalue weighted by Crippen LogP contribution is 2.29. The Hall–Kier alpha value is -3.97. The maximum absolute atomic E-state index is 13.4. The number of carbonyl (C=O) groups excluding carboxylic acids is 1. The molecule has 32 heavy (non-hydrogen) atoms. The lowest BCUT2D eigenvalue weighted by Crippen LogP contribution is -2.30. The molecule has 160 valence electrons. The number of anilines is 1. The van der Waals surface area contributed by atoms with Gasteiger partial charge >= 0.3 is 0 Å². The number of aromatic nitrogens is 3. The molecule has 0 aliphatic heterocycles. The number of halogens is 1. The Bertz CT molecular complexity index is 1260. The maximum atomic E-state index is 13.4. The van der Waals surface area contributed by atoms with Gasteiger partial charge < -0.3 is 15.1 Å². The largest absolute Gasteiger partial charge is 0.508 e. The summed E-state index contributed by atoms with van der Waals surface area (Å²) in [6.45, 7) is 2.14. The standard InChI is InChI=1S/C24H19ClN4O3/c1-15-12-27-24(25)28-22(15)17-4-6-18(7-5-17)29(14-16-3-2-10-26-13-16)23(32)20-9-8-19(30)11-21(20)31/h2-13,30-31H,14H2,1H3. The smallest absolute Gasteiger partial charge is 0.262 e. The summed E-state index contributed by atoms with van der Waals surface area (Å²) in [5, 5.41) is 20.0. The zero-order valence-electron chi connectivity index (χ0n) is 17.1. The third-order valence-electron chi connectivity index (χ3n) is 4.92. The fourth-order valence-electron chi connectivity index (χ4n) is 3.31. The second-order valence-electron chi connectivity index (χ2n) is 7.17. The van der Waals surface area contributed by atoms with Crippen LogP contribution in [-0.2, 0) is 6.54 Å². The highest BCUT2D eigenvalue weighted by molar-refractivity contribution is 6.28. The number of aryl methyl sites for hydroxylation is 1. The van der Waals surface area contributed by atoms with E-state index in [4.69, 9.17) is 11.6 Å². The summed E-state index contributed by atoms with van der Waals surface area (Å²) in [5.74, 6) is -0.837.